The molecular weight excluding hydrogens is 564 g/mol. The summed E-state index contributed by atoms with van der Waals surface area (Å²) in [6.45, 7) is 0.416. The lowest BCUT2D eigenvalue weighted by Gasteiger charge is -2.29. The molecule has 1 saturated carbocycles. The normalized spacial score (nSPS) is 18.5. The molecule has 1 aliphatic heterocycles. The first kappa shape index (κ1) is 22.8. The number of carbonyl (C=O) groups excluding carboxylic acids is 1. The highest BCUT2D eigenvalue weighted by atomic mass is 79.9. The van der Waals surface area contributed by atoms with Crippen molar-refractivity contribution < 1.29 is 9.53 Å². The molecule has 4 rings (SSSR count). The van der Waals surface area contributed by atoms with Gasteiger partial charge in [-0.3, -0.25) is 9.69 Å². The lowest BCUT2D eigenvalue weighted by molar-refractivity contribution is -0.124. The van der Waals surface area contributed by atoms with E-state index in [0.717, 1.165) is 45.8 Å². The van der Waals surface area contributed by atoms with E-state index in [1.807, 2.05) is 42.5 Å². The van der Waals surface area contributed by atoms with Crippen LogP contribution in [-0.4, -0.2) is 22.0 Å². The minimum absolute atomic E-state index is 0.0489. The van der Waals surface area contributed by atoms with Crippen LogP contribution in [0.1, 0.15) is 43.2 Å². The second kappa shape index (κ2) is 10.0. The van der Waals surface area contributed by atoms with Gasteiger partial charge in [0, 0.05) is 11.1 Å². The van der Waals surface area contributed by atoms with E-state index in [9.17, 15) is 4.79 Å². The lowest BCUT2D eigenvalue weighted by Crippen LogP contribution is -2.41. The van der Waals surface area contributed by atoms with Crippen molar-refractivity contribution in [3.8, 4) is 5.75 Å². The van der Waals surface area contributed by atoms with Gasteiger partial charge in [-0.25, -0.2) is 0 Å². The van der Waals surface area contributed by atoms with E-state index in [0.29, 0.717) is 28.2 Å². The third-order valence-corrected chi connectivity index (χ3v) is 7.21. The van der Waals surface area contributed by atoms with Gasteiger partial charge in [0.2, 0.25) is 0 Å². The Labute approximate surface area is 209 Å². The zero-order chi connectivity index (χ0) is 22.0. The number of nitrogens with zero attached hydrogens (tertiary/aromatic N) is 1. The minimum Gasteiger partial charge on any atom is -0.487 e. The van der Waals surface area contributed by atoms with Crippen molar-refractivity contribution in [2.75, 3.05) is 0 Å². The van der Waals surface area contributed by atoms with E-state index >= 15 is 0 Å². The topological polar surface area (TPSA) is 41.6 Å². The van der Waals surface area contributed by atoms with Crippen LogP contribution in [0.4, 0.5) is 0 Å². The highest BCUT2D eigenvalue weighted by Crippen LogP contribution is 2.36. The number of halogens is 3. The van der Waals surface area contributed by atoms with E-state index in [4.69, 9.17) is 28.6 Å². The van der Waals surface area contributed by atoms with E-state index in [2.05, 4.69) is 37.2 Å². The molecule has 1 aliphatic carbocycles. The fourth-order valence-corrected chi connectivity index (χ4v) is 5.84. The molecule has 31 heavy (non-hydrogen) atoms. The van der Waals surface area contributed by atoms with Gasteiger partial charge < -0.3 is 10.1 Å². The van der Waals surface area contributed by atoms with Crippen molar-refractivity contribution in [3.63, 3.8) is 0 Å². The number of amides is 1. The van der Waals surface area contributed by atoms with E-state index in [-0.39, 0.29) is 11.9 Å². The SMILES string of the molecule is O=C1/C(=C/c2cc(Br)c(OCc3ccc(Cl)cc3)c(Br)c2)NC(=S)N1C1CCCCC1. The first-order valence-electron chi connectivity index (χ1n) is 10.1. The fourth-order valence-electron chi connectivity index (χ4n) is 3.92. The van der Waals surface area contributed by atoms with Crippen molar-refractivity contribution in [2.24, 2.45) is 0 Å². The zero-order valence-corrected chi connectivity index (χ0v) is 21.4. The zero-order valence-electron chi connectivity index (χ0n) is 16.7. The molecule has 1 amide bonds. The van der Waals surface area contributed by atoms with Crippen LogP contribution in [-0.2, 0) is 11.4 Å². The molecule has 0 unspecified atom stereocenters. The molecule has 2 fully saturated rings. The minimum atomic E-state index is -0.0489. The Morgan fingerprint density at radius 3 is 2.42 bits per heavy atom. The molecule has 4 nitrogen and oxygen atoms in total. The fraction of sp³-hybridized carbons (Fsp3) is 0.304. The van der Waals surface area contributed by atoms with Crippen LogP contribution >= 0.6 is 55.7 Å². The number of benzene rings is 2. The number of thiocarbonyl (C=S) groups is 1. The number of ether oxygens (including phenoxy) is 1. The highest BCUT2D eigenvalue weighted by Gasteiger charge is 2.36. The summed E-state index contributed by atoms with van der Waals surface area (Å²) in [5.41, 5.74) is 2.39. The number of rotatable bonds is 5. The Bertz CT molecular complexity index is 1010. The Morgan fingerprint density at radius 1 is 1.13 bits per heavy atom. The maximum atomic E-state index is 13.0. The summed E-state index contributed by atoms with van der Waals surface area (Å²) in [6, 6.07) is 11.6. The van der Waals surface area contributed by atoms with E-state index in [1.54, 1.807) is 4.90 Å². The first-order chi connectivity index (χ1) is 14.9. The monoisotopic (exact) mass is 582 g/mol. The summed E-state index contributed by atoms with van der Waals surface area (Å²) in [5, 5.41) is 4.30. The Kier molecular flexibility index (Phi) is 7.37. The molecule has 2 aliphatic rings. The van der Waals surface area contributed by atoms with Crippen LogP contribution in [0.2, 0.25) is 5.02 Å². The van der Waals surface area contributed by atoms with Crippen LogP contribution in [0, 0.1) is 0 Å². The van der Waals surface area contributed by atoms with Crippen molar-refractivity contribution in [3.05, 3.63) is 67.2 Å². The Morgan fingerprint density at radius 2 is 1.77 bits per heavy atom. The van der Waals surface area contributed by atoms with Crippen LogP contribution in [0.5, 0.6) is 5.75 Å². The maximum Gasteiger partial charge on any atom is 0.276 e. The maximum absolute atomic E-state index is 13.0. The molecule has 0 atom stereocenters. The third kappa shape index (κ3) is 5.33. The molecule has 0 aromatic heterocycles. The van der Waals surface area contributed by atoms with Crippen LogP contribution < -0.4 is 10.1 Å². The quantitative estimate of drug-likeness (QED) is 0.309. The average molecular weight is 585 g/mol. The molecule has 1 saturated heterocycles. The highest BCUT2D eigenvalue weighted by molar-refractivity contribution is 9.11. The molecule has 0 spiro atoms. The van der Waals surface area contributed by atoms with Crippen molar-refractivity contribution >= 4 is 72.8 Å². The number of hydrogen-bond acceptors (Lipinski definition) is 3. The van der Waals surface area contributed by atoms with Crippen LogP contribution in [0.15, 0.2) is 51.0 Å². The van der Waals surface area contributed by atoms with E-state index in [1.165, 1.54) is 6.42 Å². The van der Waals surface area contributed by atoms with Crippen molar-refractivity contribution in [2.45, 2.75) is 44.8 Å². The van der Waals surface area contributed by atoms with Crippen LogP contribution in [0.25, 0.3) is 6.08 Å². The molecule has 1 N–H and O–H groups in total. The Hall–Kier alpha value is -1.41. The summed E-state index contributed by atoms with van der Waals surface area (Å²) in [7, 11) is 0. The molecule has 2 aromatic carbocycles. The van der Waals surface area contributed by atoms with Crippen LogP contribution in [0.3, 0.4) is 0 Å². The smallest absolute Gasteiger partial charge is 0.276 e. The van der Waals surface area contributed by atoms with E-state index < -0.39 is 0 Å². The third-order valence-electron chi connectivity index (χ3n) is 5.48. The summed E-state index contributed by atoms with van der Waals surface area (Å²) in [5.74, 6) is 0.648. The molecule has 0 bridgehead atoms. The molecule has 0 radical (unpaired) electrons. The van der Waals surface area contributed by atoms with Crippen molar-refractivity contribution in [1.29, 1.82) is 0 Å². The second-order valence-corrected chi connectivity index (χ2v) is 10.2. The lowest BCUT2D eigenvalue weighted by atomic mass is 9.94. The van der Waals surface area contributed by atoms with Gasteiger partial charge in [-0.2, -0.15) is 0 Å². The van der Waals surface area contributed by atoms with Gasteiger partial charge >= 0.3 is 0 Å². The van der Waals surface area contributed by atoms with Gasteiger partial charge in [-0.15, -0.1) is 0 Å². The molecule has 162 valence electrons. The van der Waals surface area contributed by atoms with Gasteiger partial charge in [-0.1, -0.05) is 43.0 Å². The number of carbonyl (C=O) groups is 1. The van der Waals surface area contributed by atoms with Gasteiger partial charge in [0.1, 0.15) is 18.1 Å². The van der Waals surface area contributed by atoms with Gasteiger partial charge in [0.15, 0.2) is 5.11 Å². The molecule has 2 aromatic rings. The predicted octanol–water partition coefficient (Wildman–Crippen LogP) is 6.83. The molecular formula is C23H21Br2ClN2O2S. The van der Waals surface area contributed by atoms with Gasteiger partial charge in [0.25, 0.3) is 5.91 Å². The first-order valence-corrected chi connectivity index (χ1v) is 12.5. The number of hydrogen-bond donors (Lipinski definition) is 1. The largest absolute Gasteiger partial charge is 0.487 e. The Balaban J connectivity index is 1.49. The summed E-state index contributed by atoms with van der Waals surface area (Å²) < 4.78 is 7.57. The predicted molar refractivity (Wildman–Crippen MR) is 135 cm³/mol. The average Bonchev–Trinajstić information content (AvgIpc) is 3.02. The molecule has 1 heterocycles. The number of nitrogens with one attached hydrogen (secondary N) is 1. The summed E-state index contributed by atoms with van der Waals surface area (Å²) in [6.07, 6.45) is 7.38. The van der Waals surface area contributed by atoms with Crippen molar-refractivity contribution in [1.82, 2.24) is 10.2 Å². The van der Waals surface area contributed by atoms with Gasteiger partial charge in [-0.05, 0) is 98.4 Å². The second-order valence-electron chi connectivity index (χ2n) is 7.68. The standard InChI is InChI=1S/C23H21Br2ClN2O2S/c24-18-10-15(11-19(25)21(18)30-13-14-6-8-16(26)9-7-14)12-20-22(29)28(23(31)27-20)17-4-2-1-3-5-17/h6-12,17H,1-5,13H2,(H,27,31)/b20-12-. The summed E-state index contributed by atoms with van der Waals surface area (Å²) in [4.78, 5) is 14.7. The van der Waals surface area contributed by atoms with Gasteiger partial charge in [0.05, 0.1) is 8.95 Å². The summed E-state index contributed by atoms with van der Waals surface area (Å²) >= 11 is 18.6. The molecule has 8 heteroatoms.